The molecule has 4 unspecified atom stereocenters. The first-order chi connectivity index (χ1) is 16.1. The van der Waals surface area contributed by atoms with Crippen LogP contribution in [0, 0.1) is 22.7 Å². The lowest BCUT2D eigenvalue weighted by atomic mass is 9.42. The van der Waals surface area contributed by atoms with Gasteiger partial charge in [0.05, 0.1) is 17.0 Å². The summed E-state index contributed by atoms with van der Waals surface area (Å²) in [5.41, 5.74) is 4.31. The van der Waals surface area contributed by atoms with Gasteiger partial charge < -0.3 is 5.11 Å². The van der Waals surface area contributed by atoms with Gasteiger partial charge in [-0.2, -0.15) is 5.26 Å². The zero-order chi connectivity index (χ0) is 22.6. The highest BCUT2D eigenvalue weighted by molar-refractivity contribution is 5.80. The first kappa shape index (κ1) is 20.2. The quantitative estimate of drug-likeness (QED) is 0.632. The highest BCUT2D eigenvalue weighted by Crippen LogP contribution is 2.68. The molecule has 1 N–H and O–H groups in total. The van der Waals surface area contributed by atoms with Crippen LogP contribution in [0.4, 0.5) is 0 Å². The van der Waals surface area contributed by atoms with Gasteiger partial charge >= 0.3 is 5.97 Å². The predicted octanol–water partition coefficient (Wildman–Crippen LogP) is 4.94. The summed E-state index contributed by atoms with van der Waals surface area (Å²) in [5, 5.41) is 20.1. The first-order valence-electron chi connectivity index (χ1n) is 11.7. The average Bonchev–Trinajstić information content (AvgIpc) is 3.27. The largest absolute Gasteiger partial charge is 0.481 e. The molecule has 1 heterocycles. The smallest absolute Gasteiger partial charge is 0.311 e. The molecule has 2 fully saturated rings. The van der Waals surface area contributed by atoms with Crippen molar-refractivity contribution in [1.82, 2.24) is 4.90 Å². The van der Waals surface area contributed by atoms with E-state index in [1.165, 1.54) is 16.7 Å². The Morgan fingerprint density at radius 2 is 1.76 bits per heavy atom. The fourth-order valence-corrected chi connectivity index (χ4v) is 7.35. The molecule has 3 aromatic carbocycles. The molecule has 0 spiro atoms. The molecule has 1 saturated heterocycles. The number of rotatable bonds is 4. The molecule has 0 radical (unpaired) electrons. The van der Waals surface area contributed by atoms with Crippen LogP contribution in [0.5, 0.6) is 0 Å². The van der Waals surface area contributed by atoms with Crippen molar-refractivity contribution in [3.8, 4) is 6.07 Å². The molecule has 4 heteroatoms. The van der Waals surface area contributed by atoms with Crippen LogP contribution in [0.2, 0.25) is 0 Å². The van der Waals surface area contributed by atoms with E-state index < -0.39 is 11.4 Å². The monoisotopic (exact) mass is 434 g/mol. The zero-order valence-electron chi connectivity index (χ0n) is 18.4. The third kappa shape index (κ3) is 2.69. The van der Waals surface area contributed by atoms with E-state index in [4.69, 9.17) is 0 Å². The summed E-state index contributed by atoms with van der Waals surface area (Å²) in [6, 6.07) is 29.0. The van der Waals surface area contributed by atoms with E-state index in [0.717, 1.165) is 31.5 Å². The minimum Gasteiger partial charge on any atom is -0.481 e. The summed E-state index contributed by atoms with van der Waals surface area (Å²) in [6.45, 7) is 2.09. The molecule has 0 amide bonds. The van der Waals surface area contributed by atoms with E-state index in [9.17, 15) is 15.2 Å². The molecule has 164 valence electrons. The number of carboxylic acid groups (broad SMARTS) is 1. The maximum atomic E-state index is 13.2. The van der Waals surface area contributed by atoms with Gasteiger partial charge in [-0.3, -0.25) is 9.69 Å². The Kier molecular flexibility index (Phi) is 4.47. The number of likely N-dealkylation sites (tertiary alicyclic amines) is 1. The molecule has 1 saturated carbocycles. The lowest BCUT2D eigenvalue weighted by Crippen LogP contribution is -2.60. The van der Waals surface area contributed by atoms with Crippen molar-refractivity contribution in [1.29, 1.82) is 5.26 Å². The fourth-order valence-electron chi connectivity index (χ4n) is 7.35. The van der Waals surface area contributed by atoms with E-state index >= 15 is 0 Å². The molecule has 1 aliphatic heterocycles. The maximum Gasteiger partial charge on any atom is 0.311 e. The number of benzene rings is 3. The lowest BCUT2D eigenvalue weighted by molar-refractivity contribution is -0.157. The summed E-state index contributed by atoms with van der Waals surface area (Å²) in [4.78, 5) is 15.5. The van der Waals surface area contributed by atoms with Gasteiger partial charge in [0.15, 0.2) is 0 Å². The summed E-state index contributed by atoms with van der Waals surface area (Å²) < 4.78 is 0. The van der Waals surface area contributed by atoms with Crippen molar-refractivity contribution < 1.29 is 9.90 Å². The van der Waals surface area contributed by atoms with Crippen molar-refractivity contribution in [2.24, 2.45) is 11.3 Å². The number of hydrogen-bond donors (Lipinski definition) is 1. The van der Waals surface area contributed by atoms with Gasteiger partial charge in [-0.15, -0.1) is 0 Å². The Balaban J connectivity index is 1.53. The van der Waals surface area contributed by atoms with Crippen LogP contribution >= 0.6 is 0 Å². The van der Waals surface area contributed by atoms with Gasteiger partial charge in [0.25, 0.3) is 0 Å². The van der Waals surface area contributed by atoms with Crippen molar-refractivity contribution in [3.63, 3.8) is 0 Å². The van der Waals surface area contributed by atoms with E-state index in [2.05, 4.69) is 53.4 Å². The molecule has 0 aromatic heterocycles. The molecule has 2 bridgehead atoms. The van der Waals surface area contributed by atoms with Crippen LogP contribution in [-0.4, -0.2) is 29.1 Å². The van der Waals surface area contributed by atoms with Crippen LogP contribution in [0.3, 0.4) is 0 Å². The van der Waals surface area contributed by atoms with E-state index in [1.807, 2.05) is 36.4 Å². The molecular formula is C29H26N2O2. The van der Waals surface area contributed by atoms with Crippen molar-refractivity contribution >= 4 is 5.97 Å². The van der Waals surface area contributed by atoms with Crippen LogP contribution in [0.25, 0.3) is 0 Å². The van der Waals surface area contributed by atoms with Gasteiger partial charge in [-0.05, 0) is 47.2 Å². The molecule has 4 aliphatic rings. The Bertz CT molecular complexity index is 1260. The van der Waals surface area contributed by atoms with E-state index in [1.54, 1.807) is 0 Å². The number of aliphatic carboxylic acids is 1. The van der Waals surface area contributed by atoms with Gasteiger partial charge in [-0.1, -0.05) is 66.7 Å². The van der Waals surface area contributed by atoms with E-state index in [-0.39, 0.29) is 17.3 Å². The molecule has 4 atom stereocenters. The SMILES string of the molecule is N#Cc1ccc(C23CCC(c4ccccc42)C2(C(=O)O)CN(Cc4ccccc4)CC32)cc1. The minimum absolute atomic E-state index is 0.0206. The van der Waals surface area contributed by atoms with Crippen molar-refractivity contribution in [2.45, 2.75) is 30.7 Å². The molecule has 4 nitrogen and oxygen atoms in total. The maximum absolute atomic E-state index is 13.2. The molecule has 7 rings (SSSR count). The summed E-state index contributed by atoms with van der Waals surface area (Å²) >= 11 is 0. The Hall–Kier alpha value is -3.42. The Morgan fingerprint density at radius 1 is 1.03 bits per heavy atom. The second kappa shape index (κ2) is 7.30. The summed E-state index contributed by atoms with van der Waals surface area (Å²) in [5.74, 6) is -0.662. The van der Waals surface area contributed by atoms with Crippen molar-refractivity contribution in [2.75, 3.05) is 13.1 Å². The number of carbonyl (C=O) groups is 1. The number of nitriles is 1. The van der Waals surface area contributed by atoms with Crippen LogP contribution in [-0.2, 0) is 16.8 Å². The molecule has 3 aromatic rings. The normalized spacial score (nSPS) is 29.8. The fraction of sp³-hybridized carbons (Fsp3) is 0.310. The first-order valence-corrected chi connectivity index (χ1v) is 11.7. The lowest BCUT2D eigenvalue weighted by Gasteiger charge is -2.59. The zero-order valence-corrected chi connectivity index (χ0v) is 18.4. The standard InChI is InChI=1S/C29H26N2O2/c30-16-20-10-12-22(13-11-20)28-15-14-25(23-8-4-5-9-24(23)28)29(27(32)33)19-31(18-26(28)29)17-21-6-2-1-3-7-21/h1-13,25-26H,14-15,17-19H2,(H,32,33). The summed E-state index contributed by atoms with van der Waals surface area (Å²) in [7, 11) is 0. The predicted molar refractivity (Wildman–Crippen MR) is 126 cm³/mol. The topological polar surface area (TPSA) is 64.3 Å². The second-order valence-corrected chi connectivity index (χ2v) is 9.89. The van der Waals surface area contributed by atoms with Crippen LogP contribution in [0.1, 0.15) is 46.6 Å². The van der Waals surface area contributed by atoms with Gasteiger partial charge in [0.1, 0.15) is 0 Å². The van der Waals surface area contributed by atoms with Crippen LogP contribution in [0.15, 0.2) is 78.9 Å². The van der Waals surface area contributed by atoms with E-state index in [0.29, 0.717) is 12.1 Å². The van der Waals surface area contributed by atoms with Gasteiger partial charge in [0.2, 0.25) is 0 Å². The van der Waals surface area contributed by atoms with Crippen LogP contribution < -0.4 is 0 Å². The Labute approximate surface area is 194 Å². The molecule has 3 aliphatic carbocycles. The third-order valence-electron chi connectivity index (χ3n) is 8.58. The van der Waals surface area contributed by atoms with Gasteiger partial charge in [-0.25, -0.2) is 0 Å². The minimum atomic E-state index is -0.810. The molecular weight excluding hydrogens is 408 g/mol. The molecule has 33 heavy (non-hydrogen) atoms. The van der Waals surface area contributed by atoms with Crippen molar-refractivity contribution in [3.05, 3.63) is 107 Å². The highest BCUT2D eigenvalue weighted by Gasteiger charge is 2.70. The number of nitrogens with zero attached hydrogens (tertiary/aromatic N) is 2. The second-order valence-electron chi connectivity index (χ2n) is 9.89. The highest BCUT2D eigenvalue weighted by atomic mass is 16.4. The Morgan fingerprint density at radius 3 is 2.48 bits per heavy atom. The number of carboxylic acids is 1. The average molecular weight is 435 g/mol. The third-order valence-corrected chi connectivity index (χ3v) is 8.58. The number of fused-ring (bicyclic) bond motifs is 1. The summed E-state index contributed by atoms with van der Waals surface area (Å²) in [6.07, 6.45) is 1.82. The van der Waals surface area contributed by atoms with Gasteiger partial charge in [0, 0.05) is 36.9 Å². The number of hydrogen-bond acceptors (Lipinski definition) is 3.